The van der Waals surface area contributed by atoms with E-state index in [1.54, 1.807) is 0 Å². The minimum absolute atomic E-state index is 0.743. The van der Waals surface area contributed by atoms with Crippen molar-refractivity contribution >= 4 is 11.6 Å². The maximum absolute atomic E-state index is 5.84. The van der Waals surface area contributed by atoms with Gasteiger partial charge in [0, 0.05) is 5.02 Å². The van der Waals surface area contributed by atoms with E-state index >= 15 is 0 Å². The SMILES string of the molecule is CNC.Clc1ccc2c(c1)CCOC2. The van der Waals surface area contributed by atoms with Crippen LogP contribution in [0.25, 0.3) is 0 Å². The number of hydrogen-bond donors (Lipinski definition) is 1. The normalized spacial score (nSPS) is 13.9. The maximum Gasteiger partial charge on any atom is 0.0719 e. The third-order valence-corrected chi connectivity index (χ3v) is 2.18. The molecule has 1 aromatic rings. The van der Waals surface area contributed by atoms with Crippen molar-refractivity contribution in [2.45, 2.75) is 13.0 Å². The van der Waals surface area contributed by atoms with Gasteiger partial charge in [0.05, 0.1) is 13.2 Å². The van der Waals surface area contributed by atoms with Crippen LogP contribution in [0.2, 0.25) is 5.02 Å². The van der Waals surface area contributed by atoms with Crippen molar-refractivity contribution in [1.82, 2.24) is 5.32 Å². The van der Waals surface area contributed by atoms with Gasteiger partial charge in [-0.25, -0.2) is 0 Å². The monoisotopic (exact) mass is 213 g/mol. The third kappa shape index (κ3) is 3.29. The largest absolute Gasteiger partial charge is 0.376 e. The van der Waals surface area contributed by atoms with Crippen LogP contribution in [0, 0.1) is 0 Å². The van der Waals surface area contributed by atoms with Crippen molar-refractivity contribution in [3.63, 3.8) is 0 Å². The zero-order valence-corrected chi connectivity index (χ0v) is 9.40. The summed E-state index contributed by atoms with van der Waals surface area (Å²) < 4.78 is 5.29. The van der Waals surface area contributed by atoms with Crippen LogP contribution < -0.4 is 5.32 Å². The lowest BCUT2D eigenvalue weighted by atomic mass is 10.0. The van der Waals surface area contributed by atoms with Crippen LogP contribution in [-0.2, 0) is 17.8 Å². The van der Waals surface area contributed by atoms with Gasteiger partial charge in [-0.15, -0.1) is 0 Å². The zero-order valence-electron chi connectivity index (χ0n) is 8.64. The first-order chi connectivity index (χ1) is 6.77. The molecule has 1 N–H and O–H groups in total. The van der Waals surface area contributed by atoms with Gasteiger partial charge < -0.3 is 10.1 Å². The fraction of sp³-hybridized carbons (Fsp3) is 0.455. The third-order valence-electron chi connectivity index (χ3n) is 1.94. The van der Waals surface area contributed by atoms with Gasteiger partial charge in [0.15, 0.2) is 0 Å². The molecular formula is C11H16ClNO. The lowest BCUT2D eigenvalue weighted by Crippen LogP contribution is -2.09. The number of halogens is 1. The second-order valence-electron chi connectivity index (χ2n) is 3.22. The molecule has 0 aromatic heterocycles. The summed E-state index contributed by atoms with van der Waals surface area (Å²) in [5.74, 6) is 0. The Morgan fingerprint density at radius 2 is 2.00 bits per heavy atom. The van der Waals surface area contributed by atoms with Gasteiger partial charge in [0.25, 0.3) is 0 Å². The highest BCUT2D eigenvalue weighted by molar-refractivity contribution is 6.30. The number of hydrogen-bond acceptors (Lipinski definition) is 2. The van der Waals surface area contributed by atoms with E-state index in [1.807, 2.05) is 32.3 Å². The van der Waals surface area contributed by atoms with Crippen LogP contribution >= 0.6 is 11.6 Å². The summed E-state index contributed by atoms with van der Waals surface area (Å²) in [4.78, 5) is 0. The molecule has 0 amide bonds. The smallest absolute Gasteiger partial charge is 0.0719 e. The number of nitrogens with one attached hydrogen (secondary N) is 1. The predicted octanol–water partition coefficient (Wildman–Crippen LogP) is 2.25. The molecule has 1 aliphatic heterocycles. The molecule has 0 saturated heterocycles. The van der Waals surface area contributed by atoms with Gasteiger partial charge in [-0.2, -0.15) is 0 Å². The Morgan fingerprint density at radius 3 is 2.71 bits per heavy atom. The molecule has 14 heavy (non-hydrogen) atoms. The molecule has 78 valence electrons. The van der Waals surface area contributed by atoms with E-state index in [0.717, 1.165) is 24.7 Å². The molecule has 0 unspecified atom stereocenters. The Labute approximate surface area is 90.2 Å². The van der Waals surface area contributed by atoms with Crippen LogP contribution in [0.5, 0.6) is 0 Å². The number of benzene rings is 1. The molecule has 1 aromatic carbocycles. The van der Waals surface area contributed by atoms with Crippen molar-refractivity contribution < 1.29 is 4.74 Å². The van der Waals surface area contributed by atoms with Gasteiger partial charge in [-0.05, 0) is 43.8 Å². The van der Waals surface area contributed by atoms with E-state index < -0.39 is 0 Å². The molecule has 0 radical (unpaired) electrons. The molecule has 0 atom stereocenters. The Kier molecular flexibility index (Phi) is 4.94. The lowest BCUT2D eigenvalue weighted by Gasteiger charge is -2.15. The van der Waals surface area contributed by atoms with Crippen molar-refractivity contribution in [1.29, 1.82) is 0 Å². The Morgan fingerprint density at radius 1 is 1.29 bits per heavy atom. The van der Waals surface area contributed by atoms with E-state index in [0.29, 0.717) is 0 Å². The summed E-state index contributed by atoms with van der Waals surface area (Å²) in [5, 5.41) is 3.57. The van der Waals surface area contributed by atoms with E-state index in [4.69, 9.17) is 16.3 Å². The molecule has 2 nitrogen and oxygen atoms in total. The second kappa shape index (κ2) is 6.02. The highest BCUT2D eigenvalue weighted by Crippen LogP contribution is 2.20. The van der Waals surface area contributed by atoms with Crippen LogP contribution in [0.1, 0.15) is 11.1 Å². The summed E-state index contributed by atoms with van der Waals surface area (Å²) in [6.07, 6.45) is 0.996. The molecule has 0 fully saturated rings. The van der Waals surface area contributed by atoms with Crippen LogP contribution in [0.15, 0.2) is 18.2 Å². The van der Waals surface area contributed by atoms with Gasteiger partial charge in [0.2, 0.25) is 0 Å². The van der Waals surface area contributed by atoms with E-state index in [9.17, 15) is 0 Å². The second-order valence-corrected chi connectivity index (χ2v) is 3.65. The van der Waals surface area contributed by atoms with Crippen LogP contribution in [0.3, 0.4) is 0 Å². The highest BCUT2D eigenvalue weighted by atomic mass is 35.5. The van der Waals surface area contributed by atoms with Crippen molar-refractivity contribution in [3.05, 3.63) is 34.3 Å². The molecular weight excluding hydrogens is 198 g/mol. The van der Waals surface area contributed by atoms with Crippen molar-refractivity contribution in [2.75, 3.05) is 20.7 Å². The van der Waals surface area contributed by atoms with Gasteiger partial charge in [-0.1, -0.05) is 17.7 Å². The molecule has 1 aliphatic rings. The van der Waals surface area contributed by atoms with Crippen LogP contribution in [-0.4, -0.2) is 20.7 Å². The molecule has 0 bridgehead atoms. The van der Waals surface area contributed by atoms with E-state index in [2.05, 4.69) is 5.32 Å². The maximum atomic E-state index is 5.84. The van der Waals surface area contributed by atoms with Crippen molar-refractivity contribution in [2.24, 2.45) is 0 Å². The number of ether oxygens (including phenoxy) is 1. The summed E-state index contributed by atoms with van der Waals surface area (Å²) in [6.45, 7) is 1.57. The highest BCUT2D eigenvalue weighted by Gasteiger charge is 2.08. The van der Waals surface area contributed by atoms with Crippen molar-refractivity contribution in [3.8, 4) is 0 Å². The summed E-state index contributed by atoms with van der Waals surface area (Å²) in [5.41, 5.74) is 2.62. The average molecular weight is 214 g/mol. The minimum atomic E-state index is 0.743. The fourth-order valence-electron chi connectivity index (χ4n) is 1.33. The lowest BCUT2D eigenvalue weighted by molar-refractivity contribution is 0.111. The number of fused-ring (bicyclic) bond motifs is 1. The first-order valence-corrected chi connectivity index (χ1v) is 5.09. The molecule has 1 heterocycles. The minimum Gasteiger partial charge on any atom is -0.376 e. The first kappa shape index (κ1) is 11.5. The zero-order chi connectivity index (χ0) is 10.4. The van der Waals surface area contributed by atoms with Gasteiger partial charge >= 0.3 is 0 Å². The molecule has 0 aliphatic carbocycles. The summed E-state index contributed by atoms with van der Waals surface area (Å²) in [6, 6.07) is 5.98. The average Bonchev–Trinajstić information content (AvgIpc) is 2.19. The predicted molar refractivity (Wildman–Crippen MR) is 59.8 cm³/mol. The Bertz CT molecular complexity index is 289. The standard InChI is InChI=1S/C9H9ClO.C2H7N/c10-9-2-1-8-6-11-4-3-7(8)5-9;1-3-2/h1-2,5H,3-4,6H2;3H,1-2H3. The van der Waals surface area contributed by atoms with E-state index in [-0.39, 0.29) is 0 Å². The topological polar surface area (TPSA) is 21.3 Å². The molecule has 2 rings (SSSR count). The Hall–Kier alpha value is -0.570. The summed E-state index contributed by atoms with van der Waals surface area (Å²) >= 11 is 5.84. The number of rotatable bonds is 0. The quantitative estimate of drug-likeness (QED) is 0.714. The molecule has 0 spiro atoms. The Balaban J connectivity index is 0.000000293. The van der Waals surface area contributed by atoms with Gasteiger partial charge in [0.1, 0.15) is 0 Å². The molecule has 0 saturated carbocycles. The van der Waals surface area contributed by atoms with Crippen LogP contribution in [0.4, 0.5) is 0 Å². The van der Waals surface area contributed by atoms with Gasteiger partial charge in [-0.3, -0.25) is 0 Å². The first-order valence-electron chi connectivity index (χ1n) is 4.71. The summed E-state index contributed by atoms with van der Waals surface area (Å²) in [7, 11) is 3.75. The fourth-order valence-corrected chi connectivity index (χ4v) is 1.53. The molecule has 3 heteroatoms. The van der Waals surface area contributed by atoms with E-state index in [1.165, 1.54) is 11.1 Å².